The summed E-state index contributed by atoms with van der Waals surface area (Å²) in [6, 6.07) is 16.6. The molecule has 0 unspecified atom stereocenters. The molecule has 36 heavy (non-hydrogen) atoms. The van der Waals surface area contributed by atoms with Crippen molar-refractivity contribution in [3.05, 3.63) is 69.0 Å². The number of amides is 2. The van der Waals surface area contributed by atoms with E-state index in [9.17, 15) is 18.0 Å². The van der Waals surface area contributed by atoms with Crippen LogP contribution >= 0.6 is 38.9 Å². The SMILES string of the molecule is Cc1cc(-c2cccc(Cl)c2)ccc1NC(=O)CCC(=O)N1CCN(S(=O)(=O)c2ccc(Br)s2)CC1. The van der Waals surface area contributed by atoms with Gasteiger partial charge in [-0.1, -0.05) is 29.8 Å². The third-order valence-electron chi connectivity index (χ3n) is 5.96. The highest BCUT2D eigenvalue weighted by molar-refractivity contribution is 9.11. The first-order valence-electron chi connectivity index (χ1n) is 11.3. The first-order chi connectivity index (χ1) is 17.1. The quantitative estimate of drug-likeness (QED) is 0.389. The van der Waals surface area contributed by atoms with Gasteiger partial charge in [0.05, 0.1) is 3.79 Å². The van der Waals surface area contributed by atoms with Gasteiger partial charge >= 0.3 is 0 Å². The average molecular weight is 611 g/mol. The van der Waals surface area contributed by atoms with E-state index in [0.717, 1.165) is 20.5 Å². The molecule has 3 aromatic rings. The minimum atomic E-state index is -3.56. The number of nitrogens with zero attached hydrogens (tertiary/aromatic N) is 2. The molecule has 0 saturated carbocycles. The zero-order valence-corrected chi connectivity index (χ0v) is 23.5. The molecule has 1 aliphatic rings. The topological polar surface area (TPSA) is 86.8 Å². The van der Waals surface area contributed by atoms with Crippen LogP contribution in [0.5, 0.6) is 0 Å². The van der Waals surface area contributed by atoms with Crippen LogP contribution in [0, 0.1) is 6.92 Å². The molecule has 1 N–H and O–H groups in total. The maximum absolute atomic E-state index is 12.8. The van der Waals surface area contributed by atoms with Gasteiger partial charge in [-0.15, -0.1) is 11.3 Å². The predicted molar refractivity (Wildman–Crippen MR) is 147 cm³/mol. The zero-order chi connectivity index (χ0) is 25.9. The Bertz CT molecular complexity index is 1390. The molecule has 1 fully saturated rings. The Morgan fingerprint density at radius 1 is 1.00 bits per heavy atom. The van der Waals surface area contributed by atoms with E-state index in [4.69, 9.17) is 11.6 Å². The van der Waals surface area contributed by atoms with Crippen LogP contribution in [-0.2, 0) is 19.6 Å². The fourth-order valence-corrected chi connectivity index (χ4v) is 7.76. The van der Waals surface area contributed by atoms with E-state index in [2.05, 4.69) is 21.2 Å². The number of carbonyl (C=O) groups is 2. The molecule has 7 nitrogen and oxygen atoms in total. The summed E-state index contributed by atoms with van der Waals surface area (Å²) in [5, 5.41) is 3.54. The number of hydrogen-bond acceptors (Lipinski definition) is 5. The van der Waals surface area contributed by atoms with Crippen LogP contribution in [0.15, 0.2) is 62.6 Å². The maximum Gasteiger partial charge on any atom is 0.252 e. The molecule has 2 aromatic carbocycles. The number of thiophene rings is 1. The molecule has 2 heterocycles. The predicted octanol–water partition coefficient (Wildman–Crippen LogP) is 5.39. The second-order valence-corrected chi connectivity index (χ2v) is 13.5. The van der Waals surface area contributed by atoms with Gasteiger partial charge in [-0.25, -0.2) is 8.42 Å². The van der Waals surface area contributed by atoms with E-state index in [1.807, 2.05) is 49.4 Å². The molecule has 0 radical (unpaired) electrons. The summed E-state index contributed by atoms with van der Waals surface area (Å²) in [4.78, 5) is 26.8. The van der Waals surface area contributed by atoms with Crippen LogP contribution < -0.4 is 5.32 Å². The highest BCUT2D eigenvalue weighted by atomic mass is 79.9. The molecule has 0 atom stereocenters. The Balaban J connectivity index is 1.26. The Kier molecular flexibility index (Phi) is 8.52. The number of hydrogen-bond donors (Lipinski definition) is 1. The fourth-order valence-electron chi connectivity index (χ4n) is 3.98. The second kappa shape index (κ2) is 11.4. The molecule has 0 spiro atoms. The maximum atomic E-state index is 12.8. The number of piperazine rings is 1. The van der Waals surface area contributed by atoms with Crippen LogP contribution in [0.4, 0.5) is 5.69 Å². The lowest BCUT2D eigenvalue weighted by atomic mass is 10.0. The minimum absolute atomic E-state index is 0.0516. The van der Waals surface area contributed by atoms with Crippen molar-refractivity contribution in [2.75, 3.05) is 31.5 Å². The van der Waals surface area contributed by atoms with E-state index in [1.165, 1.54) is 15.6 Å². The van der Waals surface area contributed by atoms with Crippen molar-refractivity contribution in [1.29, 1.82) is 0 Å². The summed E-state index contributed by atoms with van der Waals surface area (Å²) in [6.07, 6.45) is 0.117. The van der Waals surface area contributed by atoms with E-state index in [1.54, 1.807) is 17.0 Å². The van der Waals surface area contributed by atoms with Gasteiger partial charge < -0.3 is 10.2 Å². The van der Waals surface area contributed by atoms with Crippen LogP contribution in [0.25, 0.3) is 11.1 Å². The van der Waals surface area contributed by atoms with E-state index >= 15 is 0 Å². The molecule has 1 aliphatic heterocycles. The van der Waals surface area contributed by atoms with Crippen LogP contribution in [0.1, 0.15) is 18.4 Å². The average Bonchev–Trinajstić information content (AvgIpc) is 3.31. The standard InChI is InChI=1S/C25H25BrClN3O4S2/c1-17-15-19(18-3-2-4-20(27)16-18)5-6-21(17)28-23(31)8-9-24(32)29-11-13-30(14-12-29)36(33,34)25-10-7-22(26)35-25/h2-7,10,15-16H,8-9,11-14H2,1H3,(H,28,31). The van der Waals surface area contributed by atoms with Gasteiger partial charge in [0.15, 0.2) is 0 Å². The summed E-state index contributed by atoms with van der Waals surface area (Å²) >= 11 is 10.5. The molecule has 0 bridgehead atoms. The fraction of sp³-hybridized carbons (Fsp3) is 0.280. The Morgan fingerprint density at radius 3 is 2.36 bits per heavy atom. The molecule has 1 saturated heterocycles. The van der Waals surface area contributed by atoms with Gasteiger partial charge in [-0.2, -0.15) is 4.31 Å². The van der Waals surface area contributed by atoms with E-state index < -0.39 is 10.0 Å². The molecule has 0 aliphatic carbocycles. The van der Waals surface area contributed by atoms with Crippen molar-refractivity contribution < 1.29 is 18.0 Å². The lowest BCUT2D eigenvalue weighted by molar-refractivity contribution is -0.133. The molecule has 190 valence electrons. The van der Waals surface area contributed by atoms with Gasteiger partial charge in [0.25, 0.3) is 10.0 Å². The summed E-state index contributed by atoms with van der Waals surface area (Å²) in [7, 11) is -3.56. The molecular weight excluding hydrogens is 586 g/mol. The number of rotatable bonds is 7. The second-order valence-electron chi connectivity index (χ2n) is 8.43. The molecular formula is C25H25BrClN3O4S2. The minimum Gasteiger partial charge on any atom is -0.340 e. The number of nitrogens with one attached hydrogen (secondary N) is 1. The van der Waals surface area contributed by atoms with Gasteiger partial charge in [-0.05, 0) is 75.9 Å². The number of carbonyl (C=O) groups excluding carboxylic acids is 2. The largest absolute Gasteiger partial charge is 0.340 e. The van der Waals surface area contributed by atoms with E-state index in [-0.39, 0.29) is 42.0 Å². The Labute approximate surface area is 228 Å². The molecule has 11 heteroatoms. The van der Waals surface area contributed by atoms with Crippen LogP contribution in [0.2, 0.25) is 5.02 Å². The third-order valence-corrected chi connectivity index (χ3v) is 10.2. The van der Waals surface area contributed by atoms with Gasteiger partial charge in [0.1, 0.15) is 4.21 Å². The van der Waals surface area contributed by atoms with Crippen LogP contribution in [0.3, 0.4) is 0 Å². The summed E-state index contributed by atoms with van der Waals surface area (Å²) < 4.78 is 28.0. The summed E-state index contributed by atoms with van der Waals surface area (Å²) in [6.45, 7) is 2.98. The van der Waals surface area contributed by atoms with Gasteiger partial charge in [-0.3, -0.25) is 9.59 Å². The normalized spacial score (nSPS) is 14.6. The third kappa shape index (κ3) is 6.36. The summed E-state index contributed by atoms with van der Waals surface area (Å²) in [5.41, 5.74) is 3.58. The first-order valence-corrected chi connectivity index (χ1v) is 14.8. The lowest BCUT2D eigenvalue weighted by Crippen LogP contribution is -2.50. The number of benzene rings is 2. The molecule has 1 aromatic heterocycles. The van der Waals surface area contributed by atoms with Crippen molar-refractivity contribution in [1.82, 2.24) is 9.21 Å². The molecule has 2 amide bonds. The van der Waals surface area contributed by atoms with E-state index in [0.29, 0.717) is 23.8 Å². The molecule has 4 rings (SSSR count). The number of aryl methyl sites for hydroxylation is 1. The highest BCUT2D eigenvalue weighted by Crippen LogP contribution is 2.29. The number of halogens is 2. The lowest BCUT2D eigenvalue weighted by Gasteiger charge is -2.33. The van der Waals surface area contributed by atoms with Gasteiger partial charge in [0, 0.05) is 49.7 Å². The summed E-state index contributed by atoms with van der Waals surface area (Å²) in [5.74, 6) is -0.402. The smallest absolute Gasteiger partial charge is 0.252 e. The van der Waals surface area contributed by atoms with Crippen molar-refractivity contribution in [2.24, 2.45) is 0 Å². The Morgan fingerprint density at radius 2 is 1.72 bits per heavy atom. The van der Waals surface area contributed by atoms with Crippen molar-refractivity contribution in [3.63, 3.8) is 0 Å². The van der Waals surface area contributed by atoms with Crippen LogP contribution in [-0.4, -0.2) is 55.6 Å². The van der Waals surface area contributed by atoms with Crippen molar-refractivity contribution >= 4 is 66.4 Å². The zero-order valence-electron chi connectivity index (χ0n) is 19.5. The monoisotopic (exact) mass is 609 g/mol. The Hall–Kier alpha value is -2.24. The van der Waals surface area contributed by atoms with Crippen molar-refractivity contribution in [3.8, 4) is 11.1 Å². The van der Waals surface area contributed by atoms with Crippen molar-refractivity contribution in [2.45, 2.75) is 24.0 Å². The number of anilines is 1. The number of sulfonamides is 1. The first kappa shape index (κ1) is 26.8. The highest BCUT2D eigenvalue weighted by Gasteiger charge is 2.31. The van der Waals surface area contributed by atoms with Gasteiger partial charge in [0.2, 0.25) is 11.8 Å².